The highest BCUT2D eigenvalue weighted by molar-refractivity contribution is 5.78. The molecular weight excluding hydrogens is 292 g/mol. The number of hydrogen-bond donors (Lipinski definition) is 1. The molecule has 1 saturated heterocycles. The second-order valence-corrected chi connectivity index (χ2v) is 5.72. The molecule has 6 nitrogen and oxygen atoms in total. The highest BCUT2D eigenvalue weighted by atomic mass is 16.5. The van der Waals surface area contributed by atoms with E-state index in [1.807, 2.05) is 29.2 Å². The molecule has 122 valence electrons. The summed E-state index contributed by atoms with van der Waals surface area (Å²) >= 11 is 0. The molecule has 0 unspecified atom stereocenters. The number of aromatic nitrogens is 3. The van der Waals surface area contributed by atoms with Crippen LogP contribution in [0.3, 0.4) is 0 Å². The molecule has 3 rings (SSSR count). The molecule has 2 heterocycles. The third-order valence-electron chi connectivity index (χ3n) is 4.28. The van der Waals surface area contributed by atoms with Crippen LogP contribution in [-0.4, -0.2) is 39.1 Å². The van der Waals surface area contributed by atoms with Crippen LogP contribution in [0.2, 0.25) is 0 Å². The molecule has 2 aromatic rings. The topological polar surface area (TPSA) is 71.1 Å². The van der Waals surface area contributed by atoms with E-state index in [2.05, 4.69) is 22.1 Å². The highest BCUT2D eigenvalue weighted by Gasteiger charge is 2.30. The molecule has 0 saturated carbocycles. The van der Waals surface area contributed by atoms with Gasteiger partial charge in [0, 0.05) is 6.54 Å². The Hall–Kier alpha value is -2.37. The Kier molecular flexibility index (Phi) is 4.90. The minimum Gasteiger partial charge on any atom is -0.483 e. The molecule has 0 aliphatic carbocycles. The number of nitrogens with zero attached hydrogens (tertiary/aromatic N) is 3. The van der Waals surface area contributed by atoms with Crippen LogP contribution in [0.4, 0.5) is 0 Å². The summed E-state index contributed by atoms with van der Waals surface area (Å²) in [5.41, 5.74) is 1.12. The molecule has 23 heavy (non-hydrogen) atoms. The van der Waals surface area contributed by atoms with Gasteiger partial charge in [0.1, 0.15) is 17.9 Å². The molecule has 6 heteroatoms. The van der Waals surface area contributed by atoms with E-state index in [1.54, 1.807) is 0 Å². The van der Waals surface area contributed by atoms with E-state index in [0.717, 1.165) is 49.4 Å². The lowest BCUT2D eigenvalue weighted by molar-refractivity contribution is -0.137. The molecule has 1 fully saturated rings. The minimum absolute atomic E-state index is 0.00277. The fraction of sp³-hybridized carbons (Fsp3) is 0.471. The summed E-state index contributed by atoms with van der Waals surface area (Å²) in [5.74, 6) is 1.54. The molecule has 1 aromatic heterocycles. The summed E-state index contributed by atoms with van der Waals surface area (Å²) < 4.78 is 5.77. The second kappa shape index (κ2) is 7.26. The molecule has 0 radical (unpaired) electrons. The maximum atomic E-state index is 12.6. The number of hydrogen-bond acceptors (Lipinski definition) is 4. The van der Waals surface area contributed by atoms with E-state index in [4.69, 9.17) is 4.74 Å². The molecule has 0 spiro atoms. The predicted molar refractivity (Wildman–Crippen MR) is 86.0 cm³/mol. The monoisotopic (exact) mass is 314 g/mol. The lowest BCUT2D eigenvalue weighted by atomic mass is 10.0. The summed E-state index contributed by atoms with van der Waals surface area (Å²) in [6.45, 7) is 2.87. The van der Waals surface area contributed by atoms with Crippen LogP contribution in [0.15, 0.2) is 30.6 Å². The number of aromatic amines is 1. The molecule has 1 aromatic carbocycles. The van der Waals surface area contributed by atoms with Gasteiger partial charge in [0.2, 0.25) is 0 Å². The Morgan fingerprint density at radius 1 is 1.39 bits per heavy atom. The lowest BCUT2D eigenvalue weighted by Crippen LogP contribution is -2.41. The van der Waals surface area contributed by atoms with Crippen molar-refractivity contribution in [1.82, 2.24) is 20.1 Å². The number of nitrogens with one attached hydrogen (secondary N) is 1. The van der Waals surface area contributed by atoms with Gasteiger partial charge >= 0.3 is 0 Å². The van der Waals surface area contributed by atoms with E-state index in [9.17, 15) is 4.79 Å². The normalized spacial score (nSPS) is 18.0. The van der Waals surface area contributed by atoms with Crippen LogP contribution in [0.25, 0.3) is 0 Å². The zero-order valence-corrected chi connectivity index (χ0v) is 13.4. The summed E-state index contributed by atoms with van der Waals surface area (Å²) in [7, 11) is 0. The van der Waals surface area contributed by atoms with Crippen molar-refractivity contribution in [2.45, 2.75) is 38.6 Å². The van der Waals surface area contributed by atoms with Crippen LogP contribution in [0, 0.1) is 0 Å². The van der Waals surface area contributed by atoms with Gasteiger partial charge in [0.05, 0.1) is 6.04 Å². The minimum atomic E-state index is -0.0243. The van der Waals surface area contributed by atoms with Crippen LogP contribution in [0.1, 0.15) is 43.6 Å². The average molecular weight is 314 g/mol. The number of aryl methyl sites for hydroxylation is 1. The predicted octanol–water partition coefficient (Wildman–Crippen LogP) is 2.50. The number of H-pyrrole nitrogens is 1. The number of amides is 1. The van der Waals surface area contributed by atoms with Gasteiger partial charge in [-0.15, -0.1) is 0 Å². The molecule has 0 bridgehead atoms. The maximum absolute atomic E-state index is 12.6. The van der Waals surface area contributed by atoms with E-state index < -0.39 is 0 Å². The first-order valence-corrected chi connectivity index (χ1v) is 8.15. The lowest BCUT2D eigenvalue weighted by Gasteiger charge is -2.34. The SMILES string of the molecule is CCc1ccccc1OCC(=O)N1CCCC[C@H]1c1ncn[nH]1. The summed E-state index contributed by atoms with van der Waals surface area (Å²) in [6.07, 6.45) is 5.39. The van der Waals surface area contributed by atoms with Crippen LogP contribution < -0.4 is 4.74 Å². The largest absolute Gasteiger partial charge is 0.483 e. The van der Waals surface area contributed by atoms with Gasteiger partial charge in [-0.05, 0) is 37.3 Å². The van der Waals surface area contributed by atoms with E-state index in [-0.39, 0.29) is 18.6 Å². The average Bonchev–Trinajstić information content (AvgIpc) is 3.14. The van der Waals surface area contributed by atoms with Gasteiger partial charge in [-0.2, -0.15) is 5.10 Å². The van der Waals surface area contributed by atoms with Gasteiger partial charge in [0.25, 0.3) is 5.91 Å². The number of benzene rings is 1. The number of carbonyl (C=O) groups excluding carboxylic acids is 1. The number of piperidine rings is 1. The third-order valence-corrected chi connectivity index (χ3v) is 4.28. The van der Waals surface area contributed by atoms with Crippen LogP contribution in [-0.2, 0) is 11.2 Å². The maximum Gasteiger partial charge on any atom is 0.261 e. The fourth-order valence-corrected chi connectivity index (χ4v) is 3.05. The van der Waals surface area contributed by atoms with Crippen molar-refractivity contribution in [2.24, 2.45) is 0 Å². The zero-order valence-electron chi connectivity index (χ0n) is 13.4. The summed E-state index contributed by atoms with van der Waals surface area (Å²) in [6, 6.07) is 7.83. The van der Waals surface area contributed by atoms with E-state index in [0.29, 0.717) is 0 Å². The highest BCUT2D eigenvalue weighted by Crippen LogP contribution is 2.28. The summed E-state index contributed by atoms with van der Waals surface area (Å²) in [5, 5.41) is 6.79. The third kappa shape index (κ3) is 3.52. The molecule has 1 aliphatic heterocycles. The second-order valence-electron chi connectivity index (χ2n) is 5.72. The van der Waals surface area contributed by atoms with Gasteiger partial charge in [-0.1, -0.05) is 25.1 Å². The zero-order chi connectivity index (χ0) is 16.1. The molecule has 1 N–H and O–H groups in total. The van der Waals surface area contributed by atoms with Crippen LogP contribution >= 0.6 is 0 Å². The Labute approximate surface area is 135 Å². The number of likely N-dealkylation sites (tertiary alicyclic amines) is 1. The Bertz CT molecular complexity index is 642. The van der Waals surface area contributed by atoms with Crippen molar-refractivity contribution < 1.29 is 9.53 Å². The van der Waals surface area contributed by atoms with E-state index in [1.165, 1.54) is 6.33 Å². The first kappa shape index (κ1) is 15.5. The number of carbonyl (C=O) groups is 1. The molecular formula is C17H22N4O2. The van der Waals surface area contributed by atoms with Crippen molar-refractivity contribution >= 4 is 5.91 Å². The van der Waals surface area contributed by atoms with Gasteiger partial charge in [0.15, 0.2) is 6.61 Å². The van der Waals surface area contributed by atoms with Gasteiger partial charge in [-0.3, -0.25) is 9.89 Å². The van der Waals surface area contributed by atoms with Crippen molar-refractivity contribution in [2.75, 3.05) is 13.2 Å². The Morgan fingerprint density at radius 2 is 2.26 bits per heavy atom. The van der Waals surface area contributed by atoms with Crippen LogP contribution in [0.5, 0.6) is 5.75 Å². The molecule has 1 aliphatic rings. The Morgan fingerprint density at radius 3 is 3.04 bits per heavy atom. The smallest absolute Gasteiger partial charge is 0.261 e. The van der Waals surface area contributed by atoms with Crippen molar-refractivity contribution in [3.8, 4) is 5.75 Å². The molecule has 1 atom stereocenters. The van der Waals surface area contributed by atoms with Crippen molar-refractivity contribution in [3.05, 3.63) is 42.0 Å². The number of rotatable bonds is 5. The first-order chi connectivity index (χ1) is 11.3. The first-order valence-electron chi connectivity index (χ1n) is 8.15. The van der Waals surface area contributed by atoms with E-state index >= 15 is 0 Å². The fourth-order valence-electron chi connectivity index (χ4n) is 3.05. The van der Waals surface area contributed by atoms with Gasteiger partial charge in [-0.25, -0.2) is 4.98 Å². The quantitative estimate of drug-likeness (QED) is 0.920. The number of para-hydroxylation sites is 1. The van der Waals surface area contributed by atoms with Gasteiger partial charge < -0.3 is 9.64 Å². The van der Waals surface area contributed by atoms with Crippen molar-refractivity contribution in [3.63, 3.8) is 0 Å². The number of ether oxygens (including phenoxy) is 1. The standard InChI is InChI=1S/C17H22N4O2/c1-2-13-7-3-4-9-15(13)23-11-16(22)21-10-6-5-8-14(21)17-18-12-19-20-17/h3-4,7,9,12,14H,2,5-6,8,10-11H2,1H3,(H,18,19,20)/t14-/m0/s1. The molecule has 1 amide bonds. The Balaban J connectivity index is 1.66. The summed E-state index contributed by atoms with van der Waals surface area (Å²) in [4.78, 5) is 18.7. The van der Waals surface area contributed by atoms with Crippen molar-refractivity contribution in [1.29, 1.82) is 0 Å².